The number of nitrogens with one attached hydrogen (secondary N) is 1. The van der Waals surface area contributed by atoms with Gasteiger partial charge in [0.1, 0.15) is 6.10 Å². The van der Waals surface area contributed by atoms with Crippen LogP contribution in [-0.2, 0) is 19.6 Å². The minimum atomic E-state index is -3.46. The first-order chi connectivity index (χ1) is 11.5. The summed E-state index contributed by atoms with van der Waals surface area (Å²) in [5.41, 5.74) is 0.585. The molecule has 2 aliphatic heterocycles. The Kier molecular flexibility index (Phi) is 5.22. The monoisotopic (exact) mass is 352 g/mol. The van der Waals surface area contributed by atoms with E-state index >= 15 is 0 Å². The molecule has 0 saturated carbocycles. The molecule has 132 valence electrons. The van der Waals surface area contributed by atoms with E-state index in [4.69, 9.17) is 4.74 Å². The summed E-state index contributed by atoms with van der Waals surface area (Å²) in [6.07, 6.45) is 3.19. The van der Waals surface area contributed by atoms with E-state index in [0.29, 0.717) is 31.3 Å². The summed E-state index contributed by atoms with van der Waals surface area (Å²) in [5, 5.41) is 2.78. The van der Waals surface area contributed by atoms with Crippen LogP contribution < -0.4 is 5.32 Å². The number of ether oxygens (including phenoxy) is 1. The van der Waals surface area contributed by atoms with Crippen molar-refractivity contribution in [3.8, 4) is 0 Å². The number of hydrogen-bond donors (Lipinski definition) is 1. The van der Waals surface area contributed by atoms with Crippen molar-refractivity contribution in [2.45, 2.75) is 43.6 Å². The van der Waals surface area contributed by atoms with Crippen LogP contribution >= 0.6 is 0 Å². The molecule has 2 atom stereocenters. The van der Waals surface area contributed by atoms with Crippen molar-refractivity contribution in [2.24, 2.45) is 5.92 Å². The van der Waals surface area contributed by atoms with Gasteiger partial charge < -0.3 is 10.1 Å². The number of amides is 1. The van der Waals surface area contributed by atoms with Gasteiger partial charge in [-0.25, -0.2) is 8.42 Å². The van der Waals surface area contributed by atoms with Crippen LogP contribution in [0.5, 0.6) is 0 Å². The van der Waals surface area contributed by atoms with Gasteiger partial charge in [-0.05, 0) is 55.9 Å². The molecule has 0 bridgehead atoms. The second kappa shape index (κ2) is 7.21. The van der Waals surface area contributed by atoms with E-state index in [1.54, 1.807) is 28.6 Å². The van der Waals surface area contributed by atoms with Gasteiger partial charge in [0.25, 0.3) is 5.91 Å². The fraction of sp³-hybridized carbons (Fsp3) is 0.588. The van der Waals surface area contributed by atoms with Crippen LogP contribution in [0.15, 0.2) is 29.2 Å². The number of benzene rings is 1. The largest absolute Gasteiger partial charge is 0.368 e. The minimum absolute atomic E-state index is 0.173. The third-order valence-corrected chi connectivity index (χ3v) is 6.48. The highest BCUT2D eigenvalue weighted by Gasteiger charge is 2.29. The predicted octanol–water partition coefficient (Wildman–Crippen LogP) is 2.22. The van der Waals surface area contributed by atoms with Crippen molar-refractivity contribution in [1.29, 1.82) is 0 Å². The molecule has 0 aliphatic carbocycles. The van der Waals surface area contributed by atoms with E-state index in [1.165, 1.54) is 0 Å². The zero-order valence-corrected chi connectivity index (χ0v) is 14.7. The SMILES string of the molecule is CC1CCCN(S(=O)(=O)c2ccc(NC(=O)C3CCCO3)cc2)C1. The molecule has 2 saturated heterocycles. The number of sulfonamides is 1. The number of piperidine rings is 1. The Labute approximate surface area is 143 Å². The predicted molar refractivity (Wildman–Crippen MR) is 91.2 cm³/mol. The molecular formula is C17H24N2O4S. The maximum absolute atomic E-state index is 12.7. The number of carbonyl (C=O) groups is 1. The van der Waals surface area contributed by atoms with E-state index in [-0.39, 0.29) is 10.8 Å². The summed E-state index contributed by atoms with van der Waals surface area (Å²) < 4.78 is 32.3. The molecule has 2 aliphatic rings. The van der Waals surface area contributed by atoms with Crippen LogP contribution in [0.1, 0.15) is 32.6 Å². The van der Waals surface area contributed by atoms with Gasteiger partial charge in [-0.1, -0.05) is 6.92 Å². The van der Waals surface area contributed by atoms with E-state index in [0.717, 1.165) is 25.7 Å². The highest BCUT2D eigenvalue weighted by Crippen LogP contribution is 2.24. The van der Waals surface area contributed by atoms with Crippen LogP contribution in [0.25, 0.3) is 0 Å². The van der Waals surface area contributed by atoms with Crippen molar-refractivity contribution >= 4 is 21.6 Å². The third kappa shape index (κ3) is 3.79. The quantitative estimate of drug-likeness (QED) is 0.901. The smallest absolute Gasteiger partial charge is 0.253 e. The first-order valence-corrected chi connectivity index (χ1v) is 9.93. The molecule has 7 heteroatoms. The summed E-state index contributed by atoms with van der Waals surface area (Å²) in [4.78, 5) is 12.3. The Morgan fingerprint density at radius 2 is 1.96 bits per heavy atom. The van der Waals surface area contributed by atoms with E-state index < -0.39 is 16.1 Å². The van der Waals surface area contributed by atoms with Gasteiger partial charge in [0.15, 0.2) is 0 Å². The zero-order chi connectivity index (χ0) is 17.2. The molecule has 0 radical (unpaired) electrons. The van der Waals surface area contributed by atoms with Crippen LogP contribution in [0.2, 0.25) is 0 Å². The van der Waals surface area contributed by atoms with E-state index in [2.05, 4.69) is 12.2 Å². The molecule has 1 amide bonds. The molecular weight excluding hydrogens is 328 g/mol. The standard InChI is InChI=1S/C17H24N2O4S/c1-13-4-2-10-19(12-13)24(21,22)15-8-6-14(7-9-15)18-17(20)16-5-3-11-23-16/h6-9,13,16H,2-5,10-12H2,1H3,(H,18,20). The second-order valence-corrected chi connectivity index (χ2v) is 8.56. The summed E-state index contributed by atoms with van der Waals surface area (Å²) in [7, 11) is -3.46. The van der Waals surface area contributed by atoms with Gasteiger partial charge in [0, 0.05) is 25.4 Å². The Balaban J connectivity index is 1.68. The van der Waals surface area contributed by atoms with Crippen LogP contribution in [0.4, 0.5) is 5.69 Å². The number of rotatable bonds is 4. The van der Waals surface area contributed by atoms with Crippen molar-refractivity contribution in [3.05, 3.63) is 24.3 Å². The van der Waals surface area contributed by atoms with Crippen LogP contribution in [-0.4, -0.2) is 44.4 Å². The zero-order valence-electron chi connectivity index (χ0n) is 13.9. The fourth-order valence-electron chi connectivity index (χ4n) is 3.23. The Morgan fingerprint density at radius 1 is 1.21 bits per heavy atom. The van der Waals surface area contributed by atoms with Crippen molar-refractivity contribution in [1.82, 2.24) is 4.31 Å². The first kappa shape index (κ1) is 17.4. The van der Waals surface area contributed by atoms with Crippen molar-refractivity contribution in [3.63, 3.8) is 0 Å². The number of nitrogens with zero attached hydrogens (tertiary/aromatic N) is 1. The fourth-order valence-corrected chi connectivity index (χ4v) is 4.83. The van der Waals surface area contributed by atoms with Gasteiger partial charge in [-0.15, -0.1) is 0 Å². The molecule has 2 heterocycles. The Bertz CT molecular complexity index is 681. The summed E-state index contributed by atoms with van der Waals surface area (Å²) >= 11 is 0. The molecule has 0 spiro atoms. The van der Waals surface area contributed by atoms with Crippen molar-refractivity contribution in [2.75, 3.05) is 25.0 Å². The van der Waals surface area contributed by atoms with Gasteiger partial charge in [0.2, 0.25) is 10.0 Å². The second-order valence-electron chi connectivity index (χ2n) is 6.63. The lowest BCUT2D eigenvalue weighted by Crippen LogP contribution is -2.39. The molecule has 3 rings (SSSR count). The number of carbonyl (C=O) groups excluding carboxylic acids is 1. The van der Waals surface area contributed by atoms with Crippen LogP contribution in [0.3, 0.4) is 0 Å². The van der Waals surface area contributed by atoms with Gasteiger partial charge >= 0.3 is 0 Å². The van der Waals surface area contributed by atoms with E-state index in [9.17, 15) is 13.2 Å². The topological polar surface area (TPSA) is 75.7 Å². The summed E-state index contributed by atoms with van der Waals surface area (Å²) in [6, 6.07) is 6.37. The van der Waals surface area contributed by atoms with Gasteiger partial charge in [-0.3, -0.25) is 4.79 Å². The lowest BCUT2D eigenvalue weighted by Gasteiger charge is -2.30. The maximum atomic E-state index is 12.7. The first-order valence-electron chi connectivity index (χ1n) is 8.49. The normalized spacial score (nSPS) is 25.5. The Hall–Kier alpha value is -1.44. The molecule has 1 N–H and O–H groups in total. The highest BCUT2D eigenvalue weighted by atomic mass is 32.2. The maximum Gasteiger partial charge on any atom is 0.253 e. The number of hydrogen-bond acceptors (Lipinski definition) is 4. The lowest BCUT2D eigenvalue weighted by atomic mass is 10.0. The molecule has 6 nitrogen and oxygen atoms in total. The average Bonchev–Trinajstić information content (AvgIpc) is 3.10. The summed E-state index contributed by atoms with van der Waals surface area (Å²) in [6.45, 7) is 3.83. The van der Waals surface area contributed by atoms with Gasteiger partial charge in [0.05, 0.1) is 4.90 Å². The average molecular weight is 352 g/mol. The molecule has 0 aromatic heterocycles. The molecule has 1 aromatic rings. The Morgan fingerprint density at radius 3 is 2.58 bits per heavy atom. The molecule has 24 heavy (non-hydrogen) atoms. The van der Waals surface area contributed by atoms with Crippen LogP contribution in [0, 0.1) is 5.92 Å². The van der Waals surface area contributed by atoms with Gasteiger partial charge in [-0.2, -0.15) is 4.31 Å². The minimum Gasteiger partial charge on any atom is -0.368 e. The number of anilines is 1. The molecule has 2 fully saturated rings. The van der Waals surface area contributed by atoms with E-state index in [1.807, 2.05) is 0 Å². The lowest BCUT2D eigenvalue weighted by molar-refractivity contribution is -0.124. The highest BCUT2D eigenvalue weighted by molar-refractivity contribution is 7.89. The van der Waals surface area contributed by atoms with Crippen molar-refractivity contribution < 1.29 is 17.9 Å². The molecule has 1 aromatic carbocycles. The third-order valence-electron chi connectivity index (χ3n) is 4.60. The summed E-state index contributed by atoms with van der Waals surface area (Å²) in [5.74, 6) is 0.214. The molecule has 2 unspecified atom stereocenters.